The molecule has 0 fully saturated rings. The SMILES string of the molecule is CCCCCC/C=C\C/C=C\CCCCCCCCCC(=O)OCC(COC(=O)CCCCCCCCCCCCC/C=C\C/C=C\CCCCCCC)OC(=O)CCCCCCCCCCCCCCCCCCCCC. The van der Waals surface area contributed by atoms with Crippen molar-refractivity contribution in [3.8, 4) is 0 Å². The van der Waals surface area contributed by atoms with Crippen molar-refractivity contribution in [2.75, 3.05) is 13.2 Å². The fraction of sp³-hybridized carbons (Fsp3) is 0.847. The molecule has 78 heavy (non-hydrogen) atoms. The molecule has 0 heterocycles. The van der Waals surface area contributed by atoms with Gasteiger partial charge in [0.2, 0.25) is 0 Å². The van der Waals surface area contributed by atoms with Crippen molar-refractivity contribution in [3.63, 3.8) is 0 Å². The van der Waals surface area contributed by atoms with Crippen molar-refractivity contribution in [3.05, 3.63) is 48.6 Å². The van der Waals surface area contributed by atoms with E-state index in [2.05, 4.69) is 69.4 Å². The molecule has 456 valence electrons. The lowest BCUT2D eigenvalue weighted by Crippen LogP contribution is -2.30. The van der Waals surface area contributed by atoms with Gasteiger partial charge in [-0.3, -0.25) is 14.4 Å². The summed E-state index contributed by atoms with van der Waals surface area (Å²) in [7, 11) is 0. The first-order valence-corrected chi connectivity index (χ1v) is 34.6. The molecular weight excluding hydrogens is 961 g/mol. The summed E-state index contributed by atoms with van der Waals surface area (Å²) in [5.74, 6) is -0.856. The maximum absolute atomic E-state index is 13.0. The van der Waals surface area contributed by atoms with Crippen LogP contribution < -0.4 is 0 Å². The Morgan fingerprint density at radius 1 is 0.256 bits per heavy atom. The first kappa shape index (κ1) is 75.4. The molecule has 0 aromatic rings. The van der Waals surface area contributed by atoms with E-state index in [0.717, 1.165) is 77.0 Å². The second kappa shape index (κ2) is 66.9. The molecule has 1 unspecified atom stereocenters. The van der Waals surface area contributed by atoms with Gasteiger partial charge in [0.1, 0.15) is 13.2 Å². The molecule has 1 atom stereocenters. The smallest absolute Gasteiger partial charge is 0.306 e. The first-order chi connectivity index (χ1) is 38.5. The number of allylic oxidation sites excluding steroid dienone is 8. The molecule has 0 amide bonds. The number of carbonyl (C=O) groups is 3. The summed E-state index contributed by atoms with van der Waals surface area (Å²) >= 11 is 0. The van der Waals surface area contributed by atoms with Crippen LogP contribution in [0.5, 0.6) is 0 Å². The highest BCUT2D eigenvalue weighted by Gasteiger charge is 2.19. The van der Waals surface area contributed by atoms with Crippen molar-refractivity contribution < 1.29 is 28.6 Å². The fourth-order valence-electron chi connectivity index (χ4n) is 10.3. The number of rotatable bonds is 64. The van der Waals surface area contributed by atoms with Crippen molar-refractivity contribution in [2.24, 2.45) is 0 Å². The summed E-state index contributed by atoms with van der Waals surface area (Å²) < 4.78 is 17.0. The van der Waals surface area contributed by atoms with Crippen LogP contribution in [0.2, 0.25) is 0 Å². The number of esters is 3. The zero-order valence-electron chi connectivity index (χ0n) is 52.5. The quantitative estimate of drug-likeness (QED) is 0.0261. The van der Waals surface area contributed by atoms with E-state index in [1.807, 2.05) is 0 Å². The Hall–Kier alpha value is -2.63. The van der Waals surface area contributed by atoms with Crippen LogP contribution in [0.4, 0.5) is 0 Å². The van der Waals surface area contributed by atoms with Gasteiger partial charge in [0.25, 0.3) is 0 Å². The Morgan fingerprint density at radius 2 is 0.462 bits per heavy atom. The fourth-order valence-corrected chi connectivity index (χ4v) is 10.3. The summed E-state index contributed by atoms with van der Waals surface area (Å²) in [6.45, 7) is 6.67. The molecule has 0 aliphatic carbocycles. The Kier molecular flexibility index (Phi) is 64.6. The van der Waals surface area contributed by atoms with Crippen molar-refractivity contribution in [2.45, 2.75) is 380 Å². The van der Waals surface area contributed by atoms with Gasteiger partial charge >= 0.3 is 17.9 Å². The van der Waals surface area contributed by atoms with E-state index in [1.54, 1.807) is 0 Å². The number of ether oxygens (including phenoxy) is 3. The van der Waals surface area contributed by atoms with Crippen LogP contribution in [-0.4, -0.2) is 37.2 Å². The van der Waals surface area contributed by atoms with E-state index < -0.39 is 6.10 Å². The second-order valence-corrected chi connectivity index (χ2v) is 23.4. The van der Waals surface area contributed by atoms with Crippen LogP contribution in [0.1, 0.15) is 374 Å². The number of hydrogen-bond acceptors (Lipinski definition) is 6. The highest BCUT2D eigenvalue weighted by Crippen LogP contribution is 2.18. The predicted octanol–water partition coefficient (Wildman–Crippen LogP) is 23.7. The molecule has 0 N–H and O–H groups in total. The van der Waals surface area contributed by atoms with Crippen LogP contribution in [0.3, 0.4) is 0 Å². The molecule has 0 aromatic carbocycles. The van der Waals surface area contributed by atoms with Gasteiger partial charge < -0.3 is 14.2 Å². The molecule has 0 aliphatic rings. The minimum Gasteiger partial charge on any atom is -0.462 e. The van der Waals surface area contributed by atoms with Gasteiger partial charge in [0.15, 0.2) is 6.10 Å². The monoisotopic (exact) mass is 1090 g/mol. The van der Waals surface area contributed by atoms with Crippen LogP contribution in [-0.2, 0) is 28.6 Å². The largest absolute Gasteiger partial charge is 0.462 e. The van der Waals surface area contributed by atoms with Crippen LogP contribution in [0.25, 0.3) is 0 Å². The van der Waals surface area contributed by atoms with E-state index in [9.17, 15) is 14.4 Å². The van der Waals surface area contributed by atoms with Gasteiger partial charge in [-0.2, -0.15) is 0 Å². The lowest BCUT2D eigenvalue weighted by molar-refractivity contribution is -0.167. The third kappa shape index (κ3) is 64.2. The van der Waals surface area contributed by atoms with Gasteiger partial charge in [-0.1, -0.05) is 320 Å². The van der Waals surface area contributed by atoms with Crippen LogP contribution >= 0.6 is 0 Å². The first-order valence-electron chi connectivity index (χ1n) is 34.6. The summed E-state index contributed by atoms with van der Waals surface area (Å²) in [6, 6.07) is 0. The van der Waals surface area contributed by atoms with Gasteiger partial charge in [0, 0.05) is 19.3 Å². The molecule has 6 heteroatoms. The van der Waals surface area contributed by atoms with Gasteiger partial charge in [-0.15, -0.1) is 0 Å². The number of hydrogen-bond donors (Lipinski definition) is 0. The van der Waals surface area contributed by atoms with E-state index in [4.69, 9.17) is 14.2 Å². The molecule has 0 saturated carbocycles. The van der Waals surface area contributed by atoms with Crippen LogP contribution in [0.15, 0.2) is 48.6 Å². The van der Waals surface area contributed by atoms with Crippen LogP contribution in [0, 0.1) is 0 Å². The number of carbonyl (C=O) groups excluding carboxylic acids is 3. The summed E-state index contributed by atoms with van der Waals surface area (Å²) in [6.07, 6.45) is 84.1. The summed E-state index contributed by atoms with van der Waals surface area (Å²) in [5.41, 5.74) is 0. The molecule has 0 aromatic heterocycles. The van der Waals surface area contributed by atoms with E-state index in [-0.39, 0.29) is 31.1 Å². The highest BCUT2D eigenvalue weighted by atomic mass is 16.6. The Morgan fingerprint density at radius 3 is 0.718 bits per heavy atom. The Balaban J connectivity index is 4.33. The molecule has 0 saturated heterocycles. The van der Waals surface area contributed by atoms with Gasteiger partial charge in [0.05, 0.1) is 0 Å². The standard InChI is InChI=1S/C72H132O6/c1-4-7-10-13-16-19-22-25-28-31-34-35-36-37-39-41-44-47-50-53-56-59-62-65-71(74)77-68-69(67-76-70(73)64-61-58-55-52-49-46-43-40-33-30-27-24-21-18-15-12-9-6-3)78-72(75)66-63-60-57-54-51-48-45-42-38-32-29-26-23-20-17-14-11-8-5-2/h21-22,24-25,30-31,33-34,69H,4-20,23,26-29,32,35-68H2,1-3H3/b24-21-,25-22-,33-30-,34-31-. The predicted molar refractivity (Wildman–Crippen MR) is 339 cm³/mol. The third-order valence-corrected chi connectivity index (χ3v) is 15.6. The third-order valence-electron chi connectivity index (χ3n) is 15.6. The van der Waals surface area contributed by atoms with E-state index >= 15 is 0 Å². The normalized spacial score (nSPS) is 12.3. The number of unbranched alkanes of at least 4 members (excludes halogenated alkanes) is 45. The molecular formula is C72H132O6. The highest BCUT2D eigenvalue weighted by molar-refractivity contribution is 5.71. The zero-order valence-corrected chi connectivity index (χ0v) is 52.5. The molecule has 0 bridgehead atoms. The molecule has 6 nitrogen and oxygen atoms in total. The molecule has 0 rings (SSSR count). The zero-order chi connectivity index (χ0) is 56.4. The maximum atomic E-state index is 13.0. The topological polar surface area (TPSA) is 78.9 Å². The Labute approximate surface area is 486 Å². The van der Waals surface area contributed by atoms with Crippen molar-refractivity contribution in [1.29, 1.82) is 0 Å². The Bertz CT molecular complexity index is 1350. The van der Waals surface area contributed by atoms with Gasteiger partial charge in [-0.25, -0.2) is 0 Å². The van der Waals surface area contributed by atoms with Crippen molar-refractivity contribution in [1.82, 2.24) is 0 Å². The minimum absolute atomic E-state index is 0.0727. The second-order valence-electron chi connectivity index (χ2n) is 23.4. The maximum Gasteiger partial charge on any atom is 0.306 e. The lowest BCUT2D eigenvalue weighted by Gasteiger charge is -2.18. The molecule has 0 radical (unpaired) electrons. The minimum atomic E-state index is -0.777. The average molecular weight is 1090 g/mol. The molecule has 0 spiro atoms. The van der Waals surface area contributed by atoms with E-state index in [0.29, 0.717) is 19.3 Å². The van der Waals surface area contributed by atoms with Gasteiger partial charge in [-0.05, 0) is 83.5 Å². The van der Waals surface area contributed by atoms with E-state index in [1.165, 1.54) is 257 Å². The average Bonchev–Trinajstić information content (AvgIpc) is 3.44. The lowest BCUT2D eigenvalue weighted by atomic mass is 10.0. The summed E-state index contributed by atoms with van der Waals surface area (Å²) in [4.78, 5) is 38.4. The summed E-state index contributed by atoms with van der Waals surface area (Å²) in [5, 5.41) is 0. The van der Waals surface area contributed by atoms with Crippen molar-refractivity contribution >= 4 is 17.9 Å². The molecule has 0 aliphatic heterocycles.